The van der Waals surface area contributed by atoms with E-state index >= 15 is 0 Å². The molecule has 1 aliphatic heterocycles. The zero-order valence-corrected chi connectivity index (χ0v) is 25.9. The van der Waals surface area contributed by atoms with Crippen LogP contribution in [0.2, 0.25) is 10.0 Å². The summed E-state index contributed by atoms with van der Waals surface area (Å²) in [5, 5.41) is 1.59. The molecule has 0 aromatic heterocycles. The molecule has 0 N–H and O–H groups in total. The van der Waals surface area contributed by atoms with Crippen LogP contribution in [-0.2, 0) is 16.1 Å². The lowest BCUT2D eigenvalue weighted by atomic mass is 10.1. The van der Waals surface area contributed by atoms with E-state index in [1.54, 1.807) is 17.0 Å². The van der Waals surface area contributed by atoms with Crippen molar-refractivity contribution in [2.24, 2.45) is 4.99 Å². The van der Waals surface area contributed by atoms with Crippen molar-refractivity contribution in [1.82, 2.24) is 4.90 Å². The largest absolute Gasteiger partial charge is 0.490 e. The normalized spacial score (nSPS) is 15.4. The van der Waals surface area contributed by atoms with Gasteiger partial charge in [-0.25, -0.2) is 4.99 Å². The maximum Gasteiger partial charge on any atom is 0.266 e. The molecule has 1 saturated heterocycles. The van der Waals surface area contributed by atoms with Crippen molar-refractivity contribution in [2.45, 2.75) is 20.5 Å². The Kier molecular flexibility index (Phi) is 11.0. The van der Waals surface area contributed by atoms with E-state index in [0.717, 1.165) is 20.4 Å². The molecule has 0 saturated carbocycles. The molecular formula is C29H27Cl2IN2O4S. The zero-order valence-electron chi connectivity index (χ0n) is 21.5. The van der Waals surface area contributed by atoms with E-state index in [1.165, 1.54) is 11.8 Å². The molecule has 3 aromatic rings. The van der Waals surface area contributed by atoms with Crippen LogP contribution in [-0.4, -0.2) is 42.3 Å². The third-order valence-corrected chi connectivity index (χ3v) is 8.08. The highest BCUT2D eigenvalue weighted by atomic mass is 127. The molecule has 1 aliphatic rings. The van der Waals surface area contributed by atoms with Crippen LogP contribution in [0.5, 0.6) is 11.5 Å². The van der Waals surface area contributed by atoms with E-state index in [2.05, 4.69) is 22.6 Å². The number of hydrogen-bond acceptors (Lipinski definition) is 6. The fourth-order valence-corrected chi connectivity index (χ4v) is 5.84. The first-order valence-corrected chi connectivity index (χ1v) is 15.0. The van der Waals surface area contributed by atoms with Gasteiger partial charge in [0.15, 0.2) is 16.7 Å². The molecule has 1 amide bonds. The number of hydrogen-bond donors (Lipinski definition) is 0. The van der Waals surface area contributed by atoms with Crippen molar-refractivity contribution in [3.8, 4) is 11.5 Å². The van der Waals surface area contributed by atoms with Crippen molar-refractivity contribution >= 4 is 80.4 Å². The number of nitrogens with zero attached hydrogens (tertiary/aromatic N) is 2. The number of para-hydroxylation sites is 1. The molecule has 39 heavy (non-hydrogen) atoms. The van der Waals surface area contributed by atoms with Gasteiger partial charge in [0, 0.05) is 6.61 Å². The standard InChI is InChI=1S/C29H27Cl2IN2O4S/c1-3-36-13-12-34-28(35)26(39-29(34)33-21-8-6-5-7-9-21)17-20-15-24(32)27(25(16-20)37-4-2)38-18-19-10-11-22(30)23(31)14-19/h5-11,14-17H,3-4,12-13,18H2,1-2H3/b26-17-,33-29?. The summed E-state index contributed by atoms with van der Waals surface area (Å²) in [7, 11) is 0. The van der Waals surface area contributed by atoms with Crippen LogP contribution in [0.25, 0.3) is 6.08 Å². The van der Waals surface area contributed by atoms with E-state index in [1.807, 2.05) is 68.5 Å². The fourth-order valence-electron chi connectivity index (χ4n) is 3.71. The van der Waals surface area contributed by atoms with E-state index < -0.39 is 0 Å². The van der Waals surface area contributed by atoms with Gasteiger partial charge in [-0.05, 0) is 102 Å². The number of amidine groups is 1. The molecule has 0 aliphatic carbocycles. The molecule has 1 heterocycles. The molecule has 0 unspecified atom stereocenters. The maximum absolute atomic E-state index is 13.4. The maximum atomic E-state index is 13.4. The van der Waals surface area contributed by atoms with Crippen molar-refractivity contribution < 1.29 is 19.0 Å². The van der Waals surface area contributed by atoms with E-state index in [4.69, 9.17) is 42.4 Å². The van der Waals surface area contributed by atoms with Gasteiger partial charge in [-0.1, -0.05) is 47.5 Å². The Bertz CT molecular complexity index is 1390. The van der Waals surface area contributed by atoms with Crippen LogP contribution in [0.3, 0.4) is 0 Å². The van der Waals surface area contributed by atoms with Crippen molar-refractivity contribution in [1.29, 1.82) is 0 Å². The molecular weight excluding hydrogens is 670 g/mol. The second kappa shape index (κ2) is 14.4. The molecule has 3 aromatic carbocycles. The van der Waals surface area contributed by atoms with Crippen LogP contribution in [0.15, 0.2) is 70.6 Å². The number of carbonyl (C=O) groups excluding carboxylic acids is 1. The summed E-state index contributed by atoms with van der Waals surface area (Å²) < 4.78 is 18.4. The minimum atomic E-state index is -0.109. The van der Waals surface area contributed by atoms with Crippen LogP contribution in [0, 0.1) is 3.57 Å². The third-order valence-electron chi connectivity index (χ3n) is 5.53. The molecule has 0 radical (unpaired) electrons. The molecule has 10 heteroatoms. The number of benzene rings is 3. The van der Waals surface area contributed by atoms with Gasteiger partial charge in [0.05, 0.1) is 44.0 Å². The summed E-state index contributed by atoms with van der Waals surface area (Å²) in [6.07, 6.45) is 1.86. The predicted octanol–water partition coefficient (Wildman–Crippen LogP) is 8.22. The van der Waals surface area contributed by atoms with Gasteiger partial charge in [0.2, 0.25) is 0 Å². The lowest BCUT2D eigenvalue weighted by molar-refractivity contribution is -0.122. The van der Waals surface area contributed by atoms with E-state index in [0.29, 0.717) is 64.6 Å². The lowest BCUT2D eigenvalue weighted by Crippen LogP contribution is -2.32. The highest BCUT2D eigenvalue weighted by Crippen LogP contribution is 2.38. The van der Waals surface area contributed by atoms with E-state index in [9.17, 15) is 4.79 Å². The van der Waals surface area contributed by atoms with Gasteiger partial charge in [-0.3, -0.25) is 9.69 Å². The van der Waals surface area contributed by atoms with Crippen molar-refractivity contribution in [3.63, 3.8) is 0 Å². The summed E-state index contributed by atoms with van der Waals surface area (Å²) >= 11 is 15.8. The topological polar surface area (TPSA) is 60.4 Å². The van der Waals surface area contributed by atoms with E-state index in [-0.39, 0.29) is 5.91 Å². The molecule has 6 nitrogen and oxygen atoms in total. The summed E-state index contributed by atoms with van der Waals surface area (Å²) in [4.78, 5) is 20.4. The Balaban J connectivity index is 1.61. The second-order valence-electron chi connectivity index (χ2n) is 8.29. The minimum Gasteiger partial charge on any atom is -0.490 e. The second-order valence-corrected chi connectivity index (χ2v) is 11.3. The van der Waals surface area contributed by atoms with Crippen LogP contribution < -0.4 is 9.47 Å². The Labute approximate surface area is 256 Å². The van der Waals surface area contributed by atoms with Gasteiger partial charge < -0.3 is 14.2 Å². The number of amides is 1. The molecule has 4 rings (SSSR count). The zero-order chi connectivity index (χ0) is 27.8. The first-order valence-electron chi connectivity index (χ1n) is 12.4. The SMILES string of the molecule is CCOCCN1C(=O)/C(=C/c2cc(I)c(OCc3ccc(Cl)c(Cl)c3)c(OCC)c2)SC1=Nc1ccccc1. The number of aliphatic imine (C=N–C) groups is 1. The number of thioether (sulfide) groups is 1. The first-order chi connectivity index (χ1) is 18.9. The predicted molar refractivity (Wildman–Crippen MR) is 168 cm³/mol. The third kappa shape index (κ3) is 7.91. The Hall–Kier alpha value is -2.24. The minimum absolute atomic E-state index is 0.109. The van der Waals surface area contributed by atoms with Crippen LogP contribution >= 0.6 is 57.6 Å². The molecule has 0 spiro atoms. The van der Waals surface area contributed by atoms with Gasteiger partial charge in [0.1, 0.15) is 6.61 Å². The summed E-state index contributed by atoms with van der Waals surface area (Å²) in [6, 6.07) is 18.8. The average molecular weight is 697 g/mol. The summed E-state index contributed by atoms with van der Waals surface area (Å²) in [5.41, 5.74) is 2.50. The smallest absolute Gasteiger partial charge is 0.266 e. The van der Waals surface area contributed by atoms with Crippen LogP contribution in [0.1, 0.15) is 25.0 Å². The average Bonchev–Trinajstić information content (AvgIpc) is 3.20. The number of carbonyl (C=O) groups is 1. The lowest BCUT2D eigenvalue weighted by Gasteiger charge is -2.15. The monoisotopic (exact) mass is 696 g/mol. The van der Waals surface area contributed by atoms with Gasteiger partial charge in [-0.15, -0.1) is 0 Å². The first kappa shape index (κ1) is 29.7. The number of rotatable bonds is 11. The quantitative estimate of drug-likeness (QED) is 0.115. The highest BCUT2D eigenvalue weighted by molar-refractivity contribution is 14.1. The highest BCUT2D eigenvalue weighted by Gasteiger charge is 2.33. The molecule has 1 fully saturated rings. The molecule has 204 valence electrons. The molecule has 0 atom stereocenters. The van der Waals surface area contributed by atoms with Crippen molar-refractivity contribution in [3.05, 3.63) is 90.3 Å². The Morgan fingerprint density at radius 2 is 1.79 bits per heavy atom. The van der Waals surface area contributed by atoms with Gasteiger partial charge in [-0.2, -0.15) is 0 Å². The fraction of sp³-hybridized carbons (Fsp3) is 0.241. The number of halogens is 3. The van der Waals surface area contributed by atoms with Crippen LogP contribution in [0.4, 0.5) is 5.69 Å². The van der Waals surface area contributed by atoms with Crippen molar-refractivity contribution in [2.75, 3.05) is 26.4 Å². The summed E-state index contributed by atoms with van der Waals surface area (Å²) in [5.74, 6) is 1.11. The Morgan fingerprint density at radius 3 is 2.51 bits per heavy atom. The number of ether oxygens (including phenoxy) is 3. The Morgan fingerprint density at radius 1 is 1.00 bits per heavy atom. The van der Waals surface area contributed by atoms with Gasteiger partial charge in [0.25, 0.3) is 5.91 Å². The molecule has 0 bridgehead atoms. The summed E-state index contributed by atoms with van der Waals surface area (Å²) in [6.45, 7) is 6.05. The van der Waals surface area contributed by atoms with Gasteiger partial charge >= 0.3 is 0 Å².